The number of hydrogen-bond acceptors (Lipinski definition) is 2. The monoisotopic (exact) mass is 221 g/mol. The Kier molecular flexibility index (Phi) is 3.58. The molecule has 0 aliphatic heterocycles. The van der Waals surface area contributed by atoms with Gasteiger partial charge in [-0.15, -0.1) is 0 Å². The highest BCUT2D eigenvalue weighted by Gasteiger charge is 2.15. The van der Waals surface area contributed by atoms with Crippen molar-refractivity contribution in [1.82, 2.24) is 0 Å². The maximum Gasteiger partial charge on any atom is 0.335 e. The number of hydrogen-bond donors (Lipinski definition) is 2. The van der Waals surface area contributed by atoms with Crippen molar-refractivity contribution in [1.29, 1.82) is 0 Å². The van der Waals surface area contributed by atoms with Gasteiger partial charge in [0, 0.05) is 5.69 Å². The first kappa shape index (κ1) is 12.6. The lowest BCUT2D eigenvalue weighted by atomic mass is 9.90. The standard InChI is InChI=1S/C13H19NO2/c1-7(2)10-5-9(13(15)16)6-11(8(3)4)12(10)14/h5-8H,14H2,1-4H3,(H,15,16). The van der Waals surface area contributed by atoms with Crippen LogP contribution in [0.25, 0.3) is 0 Å². The SMILES string of the molecule is CC(C)c1cc(C(=O)O)cc(C(C)C)c1N. The zero-order chi connectivity index (χ0) is 12.5. The number of nitrogens with two attached hydrogens (primary N) is 1. The summed E-state index contributed by atoms with van der Waals surface area (Å²) < 4.78 is 0. The van der Waals surface area contributed by atoms with Crippen molar-refractivity contribution in [2.75, 3.05) is 5.73 Å². The van der Waals surface area contributed by atoms with Crippen LogP contribution in [0.1, 0.15) is 61.0 Å². The van der Waals surface area contributed by atoms with Gasteiger partial charge in [-0.05, 0) is 35.1 Å². The number of carboxylic acid groups (broad SMARTS) is 1. The molecule has 1 rings (SSSR count). The van der Waals surface area contributed by atoms with Gasteiger partial charge in [0.1, 0.15) is 0 Å². The molecule has 0 unspecified atom stereocenters. The predicted molar refractivity (Wildman–Crippen MR) is 66.0 cm³/mol. The Balaban J connectivity index is 3.45. The largest absolute Gasteiger partial charge is 0.478 e. The van der Waals surface area contributed by atoms with Crippen molar-refractivity contribution in [2.45, 2.75) is 39.5 Å². The molecule has 0 aliphatic rings. The average Bonchev–Trinajstić information content (AvgIpc) is 2.16. The van der Waals surface area contributed by atoms with Crippen LogP contribution in [-0.4, -0.2) is 11.1 Å². The van der Waals surface area contributed by atoms with E-state index in [0.717, 1.165) is 16.8 Å². The fraction of sp³-hybridized carbons (Fsp3) is 0.462. The van der Waals surface area contributed by atoms with E-state index in [9.17, 15) is 4.79 Å². The maximum atomic E-state index is 11.0. The number of rotatable bonds is 3. The first-order valence-electron chi connectivity index (χ1n) is 5.51. The number of aromatic carboxylic acids is 1. The zero-order valence-electron chi connectivity index (χ0n) is 10.2. The second kappa shape index (κ2) is 4.56. The molecule has 0 radical (unpaired) electrons. The molecule has 0 saturated carbocycles. The second-order valence-corrected chi connectivity index (χ2v) is 4.68. The summed E-state index contributed by atoms with van der Waals surface area (Å²) in [6.45, 7) is 8.06. The van der Waals surface area contributed by atoms with E-state index in [1.807, 2.05) is 27.7 Å². The molecule has 3 heteroatoms. The number of carboxylic acids is 1. The highest BCUT2D eigenvalue weighted by molar-refractivity contribution is 5.89. The summed E-state index contributed by atoms with van der Waals surface area (Å²) in [7, 11) is 0. The predicted octanol–water partition coefficient (Wildman–Crippen LogP) is 3.21. The van der Waals surface area contributed by atoms with Crippen LogP contribution >= 0.6 is 0 Å². The second-order valence-electron chi connectivity index (χ2n) is 4.68. The van der Waals surface area contributed by atoms with E-state index in [-0.39, 0.29) is 11.8 Å². The minimum atomic E-state index is -0.899. The molecule has 88 valence electrons. The van der Waals surface area contributed by atoms with Crippen molar-refractivity contribution in [3.8, 4) is 0 Å². The van der Waals surface area contributed by atoms with Gasteiger partial charge in [-0.25, -0.2) is 4.79 Å². The van der Waals surface area contributed by atoms with Gasteiger partial charge < -0.3 is 10.8 Å². The number of anilines is 1. The molecule has 1 aromatic rings. The maximum absolute atomic E-state index is 11.0. The topological polar surface area (TPSA) is 63.3 Å². The third-order valence-electron chi connectivity index (χ3n) is 2.73. The van der Waals surface area contributed by atoms with Crippen LogP contribution in [0.4, 0.5) is 5.69 Å². The highest BCUT2D eigenvalue weighted by Crippen LogP contribution is 2.31. The Morgan fingerprint density at radius 3 is 1.75 bits per heavy atom. The molecular weight excluding hydrogens is 202 g/mol. The highest BCUT2D eigenvalue weighted by atomic mass is 16.4. The van der Waals surface area contributed by atoms with Crippen molar-refractivity contribution in [2.24, 2.45) is 0 Å². The lowest BCUT2D eigenvalue weighted by molar-refractivity contribution is 0.0696. The van der Waals surface area contributed by atoms with Gasteiger partial charge in [0.25, 0.3) is 0 Å². The van der Waals surface area contributed by atoms with Crippen molar-refractivity contribution < 1.29 is 9.90 Å². The Hall–Kier alpha value is -1.51. The third kappa shape index (κ3) is 2.35. The summed E-state index contributed by atoms with van der Waals surface area (Å²) in [5.41, 5.74) is 8.95. The summed E-state index contributed by atoms with van der Waals surface area (Å²) >= 11 is 0. The normalized spacial score (nSPS) is 11.1. The van der Waals surface area contributed by atoms with Crippen LogP contribution in [0.2, 0.25) is 0 Å². The van der Waals surface area contributed by atoms with Crippen LogP contribution < -0.4 is 5.73 Å². The molecule has 0 aliphatic carbocycles. The summed E-state index contributed by atoms with van der Waals surface area (Å²) in [5, 5.41) is 9.05. The molecule has 0 amide bonds. The Morgan fingerprint density at radius 1 is 1.12 bits per heavy atom. The fourth-order valence-electron chi connectivity index (χ4n) is 1.78. The third-order valence-corrected chi connectivity index (χ3v) is 2.73. The van der Waals surface area contributed by atoms with Gasteiger partial charge in [-0.3, -0.25) is 0 Å². The molecule has 0 heterocycles. The molecule has 0 spiro atoms. The Labute approximate surface area is 96.3 Å². The molecule has 0 aromatic heterocycles. The molecule has 3 nitrogen and oxygen atoms in total. The van der Waals surface area contributed by atoms with Crippen molar-refractivity contribution in [3.63, 3.8) is 0 Å². The molecule has 16 heavy (non-hydrogen) atoms. The summed E-state index contributed by atoms with van der Waals surface area (Å²) in [5.74, 6) is -0.433. The molecule has 3 N–H and O–H groups in total. The van der Waals surface area contributed by atoms with Crippen molar-refractivity contribution in [3.05, 3.63) is 28.8 Å². The fourth-order valence-corrected chi connectivity index (χ4v) is 1.78. The molecule has 0 saturated heterocycles. The Morgan fingerprint density at radius 2 is 1.50 bits per heavy atom. The Bertz CT molecular complexity index is 379. The van der Waals surface area contributed by atoms with Gasteiger partial charge in [0.15, 0.2) is 0 Å². The minimum Gasteiger partial charge on any atom is -0.478 e. The molecule has 0 atom stereocenters. The summed E-state index contributed by atoms with van der Waals surface area (Å²) in [6.07, 6.45) is 0. The van der Waals surface area contributed by atoms with Gasteiger partial charge in [-0.2, -0.15) is 0 Å². The minimum absolute atomic E-state index is 0.233. The lowest BCUT2D eigenvalue weighted by Gasteiger charge is -2.17. The van der Waals surface area contributed by atoms with E-state index in [1.54, 1.807) is 12.1 Å². The van der Waals surface area contributed by atoms with Gasteiger partial charge in [0.05, 0.1) is 5.56 Å². The molecule has 1 aromatic carbocycles. The lowest BCUT2D eigenvalue weighted by Crippen LogP contribution is -2.07. The van der Waals surface area contributed by atoms with Gasteiger partial charge in [0.2, 0.25) is 0 Å². The van der Waals surface area contributed by atoms with Crippen molar-refractivity contribution >= 4 is 11.7 Å². The molecular formula is C13H19NO2. The quantitative estimate of drug-likeness (QED) is 0.770. The van der Waals surface area contributed by atoms with Crippen LogP contribution in [0, 0.1) is 0 Å². The number of benzene rings is 1. The van der Waals surface area contributed by atoms with E-state index in [4.69, 9.17) is 10.8 Å². The van der Waals surface area contributed by atoms with E-state index >= 15 is 0 Å². The molecule has 0 fully saturated rings. The number of carbonyl (C=O) groups is 1. The van der Waals surface area contributed by atoms with E-state index in [0.29, 0.717) is 5.56 Å². The van der Waals surface area contributed by atoms with E-state index < -0.39 is 5.97 Å². The smallest absolute Gasteiger partial charge is 0.335 e. The van der Waals surface area contributed by atoms with Crippen LogP contribution in [-0.2, 0) is 0 Å². The van der Waals surface area contributed by atoms with E-state index in [1.165, 1.54) is 0 Å². The zero-order valence-corrected chi connectivity index (χ0v) is 10.2. The van der Waals surface area contributed by atoms with Crippen LogP contribution in [0.3, 0.4) is 0 Å². The van der Waals surface area contributed by atoms with Gasteiger partial charge >= 0.3 is 5.97 Å². The molecule has 0 bridgehead atoms. The van der Waals surface area contributed by atoms with Crippen LogP contribution in [0.5, 0.6) is 0 Å². The summed E-state index contributed by atoms with van der Waals surface area (Å²) in [4.78, 5) is 11.0. The van der Waals surface area contributed by atoms with E-state index in [2.05, 4.69) is 0 Å². The van der Waals surface area contributed by atoms with Crippen LogP contribution in [0.15, 0.2) is 12.1 Å². The first-order valence-corrected chi connectivity index (χ1v) is 5.51. The summed E-state index contributed by atoms with van der Waals surface area (Å²) in [6, 6.07) is 3.35. The first-order chi connectivity index (χ1) is 7.34. The van der Waals surface area contributed by atoms with Gasteiger partial charge in [-0.1, -0.05) is 27.7 Å². The average molecular weight is 221 g/mol. The number of nitrogen functional groups attached to an aromatic ring is 1.